The van der Waals surface area contributed by atoms with Gasteiger partial charge in [0.25, 0.3) is 0 Å². The second kappa shape index (κ2) is 2.53. The first-order chi connectivity index (χ1) is 4.70. The van der Waals surface area contributed by atoms with Gasteiger partial charge in [0.05, 0.1) is 12.1 Å². The van der Waals surface area contributed by atoms with Crippen molar-refractivity contribution in [2.24, 2.45) is 5.84 Å². The maximum Gasteiger partial charge on any atom is 0.337 e. The van der Waals surface area contributed by atoms with Gasteiger partial charge in [-0.25, -0.2) is 10.6 Å². The Bertz CT molecular complexity index is 208. The van der Waals surface area contributed by atoms with Crippen molar-refractivity contribution in [2.45, 2.75) is 0 Å². The number of carboxylic acid groups (broad SMARTS) is 1. The summed E-state index contributed by atoms with van der Waals surface area (Å²) in [5.74, 6) is 4.35. The molecule has 0 amide bonds. The van der Waals surface area contributed by atoms with Gasteiger partial charge in [0.15, 0.2) is 0 Å². The van der Waals surface area contributed by atoms with Crippen molar-refractivity contribution in [3.8, 4) is 0 Å². The summed E-state index contributed by atoms with van der Waals surface area (Å²) in [7, 11) is 0. The second-order valence-electron chi connectivity index (χ2n) is 1.99. The molecule has 0 aromatic carbocycles. The zero-order chi connectivity index (χ0) is 7.56. The highest BCUT2D eigenvalue weighted by atomic mass is 16.4. The number of aliphatic carboxylic acids is 1. The lowest BCUT2D eigenvalue weighted by Crippen LogP contribution is -2.28. The molecule has 1 heterocycles. The molecule has 0 bridgehead atoms. The van der Waals surface area contributed by atoms with Crippen LogP contribution in [0.2, 0.25) is 0 Å². The number of hydrogen-bond donors (Lipinski definition) is 2. The number of hydrazine groups is 1. The fourth-order valence-corrected chi connectivity index (χ4v) is 0.702. The Morgan fingerprint density at radius 2 is 2.50 bits per heavy atom. The Morgan fingerprint density at radius 3 is 2.90 bits per heavy atom. The van der Waals surface area contributed by atoms with Crippen LogP contribution in [0.15, 0.2) is 23.9 Å². The van der Waals surface area contributed by atoms with E-state index in [0.29, 0.717) is 6.54 Å². The Balaban J connectivity index is 2.76. The molecule has 0 aliphatic carbocycles. The summed E-state index contributed by atoms with van der Waals surface area (Å²) in [6.07, 6.45) is 4.62. The van der Waals surface area contributed by atoms with Gasteiger partial charge in [-0.1, -0.05) is 6.08 Å². The fraction of sp³-hybridized carbons (Fsp3) is 0.167. The van der Waals surface area contributed by atoms with Crippen LogP contribution >= 0.6 is 0 Å². The molecule has 54 valence electrons. The standard InChI is InChI=1S/C6H8N2O2/c7-8-3-1-2-5(4-8)6(9)10/h1-2,4H,3,7H2,(H,9,10). The molecule has 0 aromatic rings. The van der Waals surface area contributed by atoms with E-state index in [2.05, 4.69) is 0 Å². The monoisotopic (exact) mass is 140 g/mol. The molecular weight excluding hydrogens is 132 g/mol. The summed E-state index contributed by atoms with van der Waals surface area (Å²) >= 11 is 0. The van der Waals surface area contributed by atoms with Crippen molar-refractivity contribution in [1.29, 1.82) is 0 Å². The lowest BCUT2D eigenvalue weighted by molar-refractivity contribution is -0.132. The van der Waals surface area contributed by atoms with Crippen molar-refractivity contribution in [1.82, 2.24) is 5.01 Å². The molecule has 0 aromatic heterocycles. The zero-order valence-electron chi connectivity index (χ0n) is 5.32. The van der Waals surface area contributed by atoms with Gasteiger partial charge in [0.2, 0.25) is 0 Å². The van der Waals surface area contributed by atoms with Gasteiger partial charge in [-0.2, -0.15) is 0 Å². The molecule has 0 saturated carbocycles. The van der Waals surface area contributed by atoms with Crippen molar-refractivity contribution in [2.75, 3.05) is 6.54 Å². The number of carbonyl (C=O) groups is 1. The number of hydrogen-bond acceptors (Lipinski definition) is 3. The minimum atomic E-state index is -0.952. The highest BCUT2D eigenvalue weighted by Gasteiger charge is 2.07. The van der Waals surface area contributed by atoms with Crippen molar-refractivity contribution in [3.05, 3.63) is 23.9 Å². The molecular formula is C6H8N2O2. The van der Waals surface area contributed by atoms with Gasteiger partial charge in [-0.15, -0.1) is 0 Å². The lowest BCUT2D eigenvalue weighted by Gasteiger charge is -2.14. The van der Waals surface area contributed by atoms with Gasteiger partial charge >= 0.3 is 5.97 Å². The topological polar surface area (TPSA) is 66.6 Å². The van der Waals surface area contributed by atoms with E-state index in [1.54, 1.807) is 6.08 Å². The molecule has 10 heavy (non-hydrogen) atoms. The molecule has 0 unspecified atom stereocenters. The van der Waals surface area contributed by atoms with Crippen LogP contribution in [0.5, 0.6) is 0 Å². The summed E-state index contributed by atoms with van der Waals surface area (Å²) in [5, 5.41) is 9.78. The highest BCUT2D eigenvalue weighted by molar-refractivity contribution is 5.89. The zero-order valence-corrected chi connectivity index (χ0v) is 5.32. The van der Waals surface area contributed by atoms with Crippen LogP contribution in [0.4, 0.5) is 0 Å². The molecule has 0 saturated heterocycles. The highest BCUT2D eigenvalue weighted by Crippen LogP contribution is 2.03. The smallest absolute Gasteiger partial charge is 0.337 e. The van der Waals surface area contributed by atoms with Gasteiger partial charge < -0.3 is 10.1 Å². The molecule has 1 aliphatic rings. The average Bonchev–Trinajstić information content (AvgIpc) is 1.88. The van der Waals surface area contributed by atoms with E-state index < -0.39 is 5.97 Å². The molecule has 0 spiro atoms. The quantitative estimate of drug-likeness (QED) is 0.491. The third-order valence-corrected chi connectivity index (χ3v) is 1.17. The average molecular weight is 140 g/mol. The Kier molecular flexibility index (Phi) is 1.73. The molecule has 4 heteroatoms. The lowest BCUT2D eigenvalue weighted by atomic mass is 10.2. The van der Waals surface area contributed by atoms with Gasteiger partial charge in [-0.3, -0.25) is 0 Å². The van der Waals surface area contributed by atoms with Crippen molar-refractivity contribution in [3.63, 3.8) is 0 Å². The van der Waals surface area contributed by atoms with Gasteiger partial charge in [0, 0.05) is 6.20 Å². The Labute approximate surface area is 58.2 Å². The van der Waals surface area contributed by atoms with Crippen LogP contribution in [0, 0.1) is 0 Å². The third kappa shape index (κ3) is 1.35. The molecule has 1 rings (SSSR count). The minimum absolute atomic E-state index is 0.216. The third-order valence-electron chi connectivity index (χ3n) is 1.17. The molecule has 3 N–H and O–H groups in total. The molecule has 0 radical (unpaired) electrons. The van der Waals surface area contributed by atoms with E-state index >= 15 is 0 Å². The van der Waals surface area contributed by atoms with Crippen LogP contribution in [-0.4, -0.2) is 22.6 Å². The first-order valence-electron chi connectivity index (χ1n) is 2.83. The summed E-state index contributed by atoms with van der Waals surface area (Å²) < 4.78 is 0. The number of carboxylic acids is 1. The Morgan fingerprint density at radius 1 is 1.80 bits per heavy atom. The Hall–Kier alpha value is -1.29. The van der Waals surface area contributed by atoms with Crippen molar-refractivity contribution < 1.29 is 9.90 Å². The predicted octanol–water partition coefficient (Wildman–Crippen LogP) is -0.300. The molecule has 0 fully saturated rings. The molecule has 1 aliphatic heterocycles. The van der Waals surface area contributed by atoms with E-state index in [1.807, 2.05) is 0 Å². The summed E-state index contributed by atoms with van der Waals surface area (Å²) in [6, 6.07) is 0. The SMILES string of the molecule is NN1C=C(C(=O)O)C=CC1. The fourth-order valence-electron chi connectivity index (χ4n) is 0.702. The van der Waals surface area contributed by atoms with Gasteiger partial charge in [-0.05, 0) is 6.08 Å². The van der Waals surface area contributed by atoms with E-state index in [1.165, 1.54) is 17.3 Å². The first-order valence-corrected chi connectivity index (χ1v) is 2.83. The number of nitrogens with two attached hydrogens (primary N) is 1. The summed E-state index contributed by atoms with van der Waals surface area (Å²) in [4.78, 5) is 10.3. The first kappa shape index (κ1) is 6.82. The van der Waals surface area contributed by atoms with E-state index in [-0.39, 0.29) is 5.57 Å². The van der Waals surface area contributed by atoms with Gasteiger partial charge in [0.1, 0.15) is 0 Å². The number of rotatable bonds is 1. The normalized spacial score (nSPS) is 16.9. The minimum Gasteiger partial charge on any atom is -0.478 e. The predicted molar refractivity (Wildman–Crippen MR) is 35.8 cm³/mol. The second-order valence-corrected chi connectivity index (χ2v) is 1.99. The summed E-state index contributed by atoms with van der Waals surface area (Å²) in [5.41, 5.74) is 0.216. The van der Waals surface area contributed by atoms with Crippen LogP contribution < -0.4 is 5.84 Å². The molecule has 4 nitrogen and oxygen atoms in total. The van der Waals surface area contributed by atoms with E-state index in [9.17, 15) is 4.79 Å². The van der Waals surface area contributed by atoms with Crippen LogP contribution in [-0.2, 0) is 4.79 Å². The van der Waals surface area contributed by atoms with Crippen LogP contribution in [0.25, 0.3) is 0 Å². The maximum absolute atomic E-state index is 10.3. The van der Waals surface area contributed by atoms with Crippen LogP contribution in [0.1, 0.15) is 0 Å². The van der Waals surface area contributed by atoms with E-state index in [4.69, 9.17) is 10.9 Å². The molecule has 0 atom stereocenters. The van der Waals surface area contributed by atoms with Crippen molar-refractivity contribution >= 4 is 5.97 Å². The van der Waals surface area contributed by atoms with E-state index in [0.717, 1.165) is 0 Å². The maximum atomic E-state index is 10.3. The summed E-state index contributed by atoms with van der Waals surface area (Å²) in [6.45, 7) is 0.566. The number of nitrogens with zero attached hydrogens (tertiary/aromatic N) is 1. The van der Waals surface area contributed by atoms with Crippen LogP contribution in [0.3, 0.4) is 0 Å². The largest absolute Gasteiger partial charge is 0.478 e.